The third kappa shape index (κ3) is 2.93. The molecule has 1 aromatic carbocycles. The van der Waals surface area contributed by atoms with Crippen LogP contribution in [-0.4, -0.2) is 21.9 Å². The van der Waals surface area contributed by atoms with Crippen molar-refractivity contribution in [1.29, 1.82) is 0 Å². The number of hydrogen-bond donors (Lipinski definition) is 3. The third-order valence-corrected chi connectivity index (χ3v) is 3.37. The van der Waals surface area contributed by atoms with Crippen molar-refractivity contribution in [2.45, 2.75) is 12.5 Å². The van der Waals surface area contributed by atoms with E-state index >= 15 is 0 Å². The summed E-state index contributed by atoms with van der Waals surface area (Å²) in [6.45, 7) is 0. The molecule has 0 radical (unpaired) electrons. The molecule has 3 rings (SSSR count). The van der Waals surface area contributed by atoms with Gasteiger partial charge in [0.25, 0.3) is 0 Å². The number of H-pyrrole nitrogens is 1. The van der Waals surface area contributed by atoms with Crippen LogP contribution in [-0.2, 0) is 11.2 Å². The molecule has 1 amide bonds. The fraction of sp³-hybridized carbons (Fsp3) is 0.125. The molecule has 0 aliphatic rings. The van der Waals surface area contributed by atoms with Gasteiger partial charge in [-0.1, -0.05) is 24.3 Å². The Kier molecular flexibility index (Phi) is 3.66. The Balaban J connectivity index is 1.71. The van der Waals surface area contributed by atoms with Crippen LogP contribution in [0.2, 0.25) is 0 Å². The van der Waals surface area contributed by atoms with E-state index < -0.39 is 6.04 Å². The SMILES string of the molecule is N[C@H](Cc1c[nH]c2ccccc12)C(=O)Nc1ccccn1. The molecule has 4 N–H and O–H groups in total. The number of amides is 1. The predicted molar refractivity (Wildman–Crippen MR) is 82.8 cm³/mol. The number of benzene rings is 1. The molecule has 3 aromatic rings. The fourth-order valence-corrected chi connectivity index (χ4v) is 2.29. The molecule has 0 unspecified atom stereocenters. The minimum Gasteiger partial charge on any atom is -0.361 e. The van der Waals surface area contributed by atoms with Crippen LogP contribution in [0.4, 0.5) is 5.82 Å². The molecule has 2 heterocycles. The topological polar surface area (TPSA) is 83.8 Å². The van der Waals surface area contributed by atoms with E-state index in [-0.39, 0.29) is 5.91 Å². The first-order chi connectivity index (χ1) is 10.2. The van der Waals surface area contributed by atoms with Gasteiger partial charge in [0.1, 0.15) is 5.82 Å². The van der Waals surface area contributed by atoms with Gasteiger partial charge in [0, 0.05) is 23.3 Å². The van der Waals surface area contributed by atoms with E-state index in [4.69, 9.17) is 5.73 Å². The Morgan fingerprint density at radius 2 is 2.05 bits per heavy atom. The van der Waals surface area contributed by atoms with Gasteiger partial charge in [-0.15, -0.1) is 0 Å². The van der Waals surface area contributed by atoms with E-state index in [1.54, 1.807) is 18.3 Å². The molecule has 0 aliphatic carbocycles. The van der Waals surface area contributed by atoms with Gasteiger partial charge in [-0.25, -0.2) is 4.98 Å². The standard InChI is InChI=1S/C16H16N4O/c17-13(16(21)20-15-7-3-4-8-18-15)9-11-10-19-14-6-2-1-5-12(11)14/h1-8,10,13,19H,9,17H2,(H,18,20,21)/t13-/m1/s1. The zero-order valence-corrected chi connectivity index (χ0v) is 11.4. The number of carbonyl (C=O) groups excluding carboxylic acids is 1. The van der Waals surface area contributed by atoms with Gasteiger partial charge in [-0.3, -0.25) is 4.79 Å². The summed E-state index contributed by atoms with van der Waals surface area (Å²) in [5.41, 5.74) is 8.08. The fourth-order valence-electron chi connectivity index (χ4n) is 2.29. The quantitative estimate of drug-likeness (QED) is 0.684. The molecule has 0 aliphatic heterocycles. The maximum Gasteiger partial charge on any atom is 0.242 e. The monoisotopic (exact) mass is 280 g/mol. The van der Waals surface area contributed by atoms with Gasteiger partial charge >= 0.3 is 0 Å². The number of fused-ring (bicyclic) bond motifs is 1. The highest BCUT2D eigenvalue weighted by Crippen LogP contribution is 2.18. The van der Waals surface area contributed by atoms with Gasteiger partial charge < -0.3 is 16.0 Å². The number of nitrogens with one attached hydrogen (secondary N) is 2. The number of pyridine rings is 1. The Labute approximate surface area is 122 Å². The zero-order chi connectivity index (χ0) is 14.7. The lowest BCUT2D eigenvalue weighted by Gasteiger charge is -2.11. The van der Waals surface area contributed by atoms with Crippen LogP contribution < -0.4 is 11.1 Å². The number of nitrogens with zero attached hydrogens (tertiary/aromatic N) is 1. The Morgan fingerprint density at radius 3 is 2.86 bits per heavy atom. The first kappa shape index (κ1) is 13.3. The lowest BCUT2D eigenvalue weighted by molar-refractivity contribution is -0.117. The first-order valence-corrected chi connectivity index (χ1v) is 6.76. The van der Waals surface area contributed by atoms with Crippen LogP contribution in [0.1, 0.15) is 5.56 Å². The van der Waals surface area contributed by atoms with Gasteiger partial charge in [-0.05, 0) is 30.2 Å². The number of anilines is 1. The van der Waals surface area contributed by atoms with E-state index in [1.165, 1.54) is 0 Å². The van der Waals surface area contributed by atoms with Crippen molar-refractivity contribution in [2.75, 3.05) is 5.32 Å². The second-order valence-corrected chi connectivity index (χ2v) is 4.87. The molecular weight excluding hydrogens is 264 g/mol. The van der Waals surface area contributed by atoms with Gasteiger partial charge in [-0.2, -0.15) is 0 Å². The third-order valence-electron chi connectivity index (χ3n) is 3.37. The van der Waals surface area contributed by atoms with E-state index in [9.17, 15) is 4.79 Å². The second-order valence-electron chi connectivity index (χ2n) is 4.87. The average Bonchev–Trinajstić information content (AvgIpc) is 2.91. The summed E-state index contributed by atoms with van der Waals surface area (Å²) < 4.78 is 0. The second kappa shape index (κ2) is 5.76. The van der Waals surface area contributed by atoms with Crippen LogP contribution >= 0.6 is 0 Å². The van der Waals surface area contributed by atoms with Crippen molar-refractivity contribution in [2.24, 2.45) is 5.73 Å². The summed E-state index contributed by atoms with van der Waals surface area (Å²) >= 11 is 0. The summed E-state index contributed by atoms with van der Waals surface area (Å²) in [5, 5.41) is 3.81. The number of nitrogens with two attached hydrogens (primary N) is 1. The normalized spacial score (nSPS) is 12.2. The molecule has 0 spiro atoms. The largest absolute Gasteiger partial charge is 0.361 e. The molecule has 5 heteroatoms. The zero-order valence-electron chi connectivity index (χ0n) is 11.4. The van der Waals surface area contributed by atoms with Crippen LogP contribution in [0.25, 0.3) is 10.9 Å². The lowest BCUT2D eigenvalue weighted by atomic mass is 10.1. The van der Waals surface area contributed by atoms with Crippen molar-refractivity contribution < 1.29 is 4.79 Å². The van der Waals surface area contributed by atoms with Crippen molar-refractivity contribution in [3.63, 3.8) is 0 Å². The maximum atomic E-state index is 12.1. The number of para-hydroxylation sites is 1. The molecule has 5 nitrogen and oxygen atoms in total. The van der Waals surface area contributed by atoms with Crippen LogP contribution in [0.5, 0.6) is 0 Å². The predicted octanol–water partition coefficient (Wildman–Crippen LogP) is 2.07. The number of rotatable bonds is 4. The number of aromatic amines is 1. The Bertz CT molecular complexity index is 751. The summed E-state index contributed by atoms with van der Waals surface area (Å²) in [6, 6.07) is 12.7. The van der Waals surface area contributed by atoms with Crippen LogP contribution in [0.15, 0.2) is 54.9 Å². The molecule has 2 aromatic heterocycles. The van der Waals surface area contributed by atoms with Crippen LogP contribution in [0.3, 0.4) is 0 Å². The smallest absolute Gasteiger partial charge is 0.242 e. The van der Waals surface area contributed by atoms with Gasteiger partial charge in [0.2, 0.25) is 5.91 Å². The minimum absolute atomic E-state index is 0.237. The summed E-state index contributed by atoms with van der Waals surface area (Å²) in [5.74, 6) is 0.274. The van der Waals surface area contributed by atoms with Gasteiger partial charge in [0.15, 0.2) is 0 Å². The highest BCUT2D eigenvalue weighted by molar-refractivity contribution is 5.94. The Morgan fingerprint density at radius 1 is 1.24 bits per heavy atom. The molecule has 106 valence electrons. The minimum atomic E-state index is -0.619. The summed E-state index contributed by atoms with van der Waals surface area (Å²) in [4.78, 5) is 19.3. The average molecular weight is 280 g/mol. The van der Waals surface area contributed by atoms with Crippen molar-refractivity contribution >= 4 is 22.6 Å². The first-order valence-electron chi connectivity index (χ1n) is 6.76. The van der Waals surface area contributed by atoms with Crippen molar-refractivity contribution in [3.8, 4) is 0 Å². The van der Waals surface area contributed by atoms with Crippen LogP contribution in [0, 0.1) is 0 Å². The van der Waals surface area contributed by atoms with E-state index in [0.29, 0.717) is 12.2 Å². The molecule has 0 bridgehead atoms. The Hall–Kier alpha value is -2.66. The van der Waals surface area contributed by atoms with E-state index in [1.807, 2.05) is 36.5 Å². The maximum absolute atomic E-state index is 12.1. The highest BCUT2D eigenvalue weighted by Gasteiger charge is 2.16. The van der Waals surface area contributed by atoms with Crippen molar-refractivity contribution in [1.82, 2.24) is 9.97 Å². The number of aromatic nitrogens is 2. The van der Waals surface area contributed by atoms with E-state index in [2.05, 4.69) is 15.3 Å². The van der Waals surface area contributed by atoms with Crippen molar-refractivity contribution in [3.05, 3.63) is 60.4 Å². The molecular formula is C16H16N4O. The molecule has 1 atom stereocenters. The molecule has 21 heavy (non-hydrogen) atoms. The number of carbonyl (C=O) groups is 1. The molecule has 0 saturated heterocycles. The number of hydrogen-bond acceptors (Lipinski definition) is 3. The summed E-state index contributed by atoms with van der Waals surface area (Å²) in [6.07, 6.45) is 4.00. The molecule has 0 saturated carbocycles. The summed E-state index contributed by atoms with van der Waals surface area (Å²) in [7, 11) is 0. The highest BCUT2D eigenvalue weighted by atomic mass is 16.2. The van der Waals surface area contributed by atoms with E-state index in [0.717, 1.165) is 16.5 Å². The molecule has 0 fully saturated rings. The lowest BCUT2D eigenvalue weighted by Crippen LogP contribution is -2.37. The van der Waals surface area contributed by atoms with Gasteiger partial charge in [0.05, 0.1) is 6.04 Å².